The maximum absolute atomic E-state index is 6.21. The minimum atomic E-state index is 0.341. The fourth-order valence-corrected chi connectivity index (χ4v) is 2.64. The highest BCUT2D eigenvalue weighted by Gasteiger charge is 2.23. The van der Waals surface area contributed by atoms with Crippen molar-refractivity contribution in [2.45, 2.75) is 52.0 Å². The minimum Gasteiger partial charge on any atom is -0.314 e. The van der Waals surface area contributed by atoms with Crippen LogP contribution in [0.25, 0.3) is 0 Å². The van der Waals surface area contributed by atoms with Crippen molar-refractivity contribution in [3.8, 4) is 0 Å². The van der Waals surface area contributed by atoms with Crippen LogP contribution in [0.2, 0.25) is 10.0 Å². The molecule has 3 heteroatoms. The summed E-state index contributed by atoms with van der Waals surface area (Å²) in [5.74, 6) is 0. The zero-order valence-corrected chi connectivity index (χ0v) is 13.3. The van der Waals surface area contributed by atoms with Gasteiger partial charge in [0.2, 0.25) is 0 Å². The summed E-state index contributed by atoms with van der Waals surface area (Å²) in [7, 11) is 0. The molecule has 1 aromatic rings. The molecule has 1 fully saturated rings. The van der Waals surface area contributed by atoms with Gasteiger partial charge in [-0.2, -0.15) is 0 Å². The molecular weight excluding hydrogens is 277 g/mol. The molecule has 2 rings (SSSR count). The Morgan fingerprint density at radius 3 is 2.63 bits per heavy atom. The number of nitrogens with one attached hydrogen (secondary N) is 1. The van der Waals surface area contributed by atoms with Gasteiger partial charge in [0.1, 0.15) is 0 Å². The summed E-state index contributed by atoms with van der Waals surface area (Å²) in [4.78, 5) is 0. The summed E-state index contributed by atoms with van der Waals surface area (Å²) in [6, 6.07) is 6.53. The predicted octanol–water partition coefficient (Wildman–Crippen LogP) is 5.09. The molecule has 0 unspecified atom stereocenters. The van der Waals surface area contributed by atoms with Crippen LogP contribution in [0.5, 0.6) is 0 Å². The summed E-state index contributed by atoms with van der Waals surface area (Å²) in [5.41, 5.74) is 1.51. The largest absolute Gasteiger partial charge is 0.314 e. The van der Waals surface area contributed by atoms with Crippen LogP contribution in [-0.4, -0.2) is 12.6 Å². The Labute approximate surface area is 126 Å². The van der Waals surface area contributed by atoms with Crippen LogP contribution in [0.15, 0.2) is 18.2 Å². The van der Waals surface area contributed by atoms with E-state index in [4.69, 9.17) is 23.2 Å². The molecule has 1 nitrogen and oxygen atoms in total. The lowest BCUT2D eigenvalue weighted by Gasteiger charge is -2.25. The summed E-state index contributed by atoms with van der Waals surface area (Å²) >= 11 is 12.2. The topological polar surface area (TPSA) is 12.0 Å². The smallest absolute Gasteiger partial charge is 0.0439 e. The van der Waals surface area contributed by atoms with Crippen molar-refractivity contribution in [3.05, 3.63) is 33.8 Å². The number of benzene rings is 1. The van der Waals surface area contributed by atoms with E-state index in [-0.39, 0.29) is 0 Å². The van der Waals surface area contributed by atoms with E-state index >= 15 is 0 Å². The quantitative estimate of drug-likeness (QED) is 0.739. The van der Waals surface area contributed by atoms with Crippen molar-refractivity contribution in [3.63, 3.8) is 0 Å². The fourth-order valence-electron chi connectivity index (χ4n) is 2.24. The van der Waals surface area contributed by atoms with Crippen molar-refractivity contribution >= 4 is 23.2 Å². The molecule has 0 atom stereocenters. The molecule has 1 N–H and O–H groups in total. The van der Waals surface area contributed by atoms with E-state index in [2.05, 4.69) is 19.2 Å². The Morgan fingerprint density at radius 2 is 1.95 bits per heavy atom. The molecule has 1 saturated carbocycles. The van der Waals surface area contributed by atoms with Crippen molar-refractivity contribution in [2.24, 2.45) is 5.41 Å². The van der Waals surface area contributed by atoms with Crippen molar-refractivity contribution in [1.82, 2.24) is 5.32 Å². The Morgan fingerprint density at radius 1 is 1.21 bits per heavy atom. The molecule has 1 aromatic carbocycles. The number of hydrogen-bond donors (Lipinski definition) is 1. The van der Waals surface area contributed by atoms with E-state index in [0.29, 0.717) is 5.41 Å². The molecular formula is C16H23Cl2N. The van der Waals surface area contributed by atoms with Crippen LogP contribution in [0.4, 0.5) is 0 Å². The second kappa shape index (κ2) is 6.47. The van der Waals surface area contributed by atoms with Crippen molar-refractivity contribution in [2.75, 3.05) is 6.54 Å². The van der Waals surface area contributed by atoms with Gasteiger partial charge in [0.05, 0.1) is 0 Å². The minimum absolute atomic E-state index is 0.341. The monoisotopic (exact) mass is 299 g/mol. The summed E-state index contributed by atoms with van der Waals surface area (Å²) in [5, 5.41) is 5.19. The summed E-state index contributed by atoms with van der Waals surface area (Å²) in [6.45, 7) is 5.79. The number of aryl methyl sites for hydroxylation is 1. The van der Waals surface area contributed by atoms with E-state index in [1.807, 2.05) is 18.2 Å². The molecule has 1 aliphatic carbocycles. The molecule has 106 valence electrons. The first-order chi connectivity index (χ1) is 8.96. The van der Waals surface area contributed by atoms with Gasteiger partial charge in [-0.15, -0.1) is 0 Å². The van der Waals surface area contributed by atoms with Gasteiger partial charge >= 0.3 is 0 Å². The van der Waals surface area contributed by atoms with Gasteiger partial charge in [-0.1, -0.05) is 37.0 Å². The molecule has 0 aromatic heterocycles. The molecule has 0 amide bonds. The third-order valence-corrected chi connectivity index (χ3v) is 4.49. The first-order valence-electron chi connectivity index (χ1n) is 7.14. The zero-order chi connectivity index (χ0) is 13.9. The van der Waals surface area contributed by atoms with Crippen LogP contribution in [0.1, 0.15) is 45.1 Å². The van der Waals surface area contributed by atoms with Crippen LogP contribution in [0, 0.1) is 5.41 Å². The van der Waals surface area contributed by atoms with Gasteiger partial charge in [-0.25, -0.2) is 0 Å². The number of hydrogen-bond acceptors (Lipinski definition) is 1. The highest BCUT2D eigenvalue weighted by molar-refractivity contribution is 6.33. The molecule has 1 aliphatic rings. The molecule has 0 saturated heterocycles. The first-order valence-corrected chi connectivity index (χ1v) is 7.89. The summed E-state index contributed by atoms with van der Waals surface area (Å²) in [6.07, 6.45) is 6.06. The van der Waals surface area contributed by atoms with E-state index in [1.165, 1.54) is 19.3 Å². The standard InChI is InChI=1S/C16H23Cl2N/c1-16(2,9-10-19-14-4-5-14)8-7-12-11-13(17)3-6-15(12)18/h3,6,11,14,19H,4-5,7-10H2,1-2H3. The maximum atomic E-state index is 6.21. The second-order valence-electron chi connectivity index (χ2n) is 6.38. The number of rotatable bonds is 7. The summed E-state index contributed by atoms with van der Waals surface area (Å²) < 4.78 is 0. The average molecular weight is 300 g/mol. The molecule has 0 bridgehead atoms. The Hall–Kier alpha value is -0.240. The molecule has 0 radical (unpaired) electrons. The van der Waals surface area contributed by atoms with Gasteiger partial charge in [0.25, 0.3) is 0 Å². The Bertz CT molecular complexity index is 425. The zero-order valence-electron chi connectivity index (χ0n) is 11.8. The van der Waals surface area contributed by atoms with Crippen LogP contribution < -0.4 is 5.32 Å². The van der Waals surface area contributed by atoms with Gasteiger partial charge in [0, 0.05) is 16.1 Å². The molecule has 0 aliphatic heterocycles. The lowest BCUT2D eigenvalue weighted by Crippen LogP contribution is -2.24. The first kappa shape index (κ1) is 15.2. The van der Waals surface area contributed by atoms with Crippen molar-refractivity contribution in [1.29, 1.82) is 0 Å². The van der Waals surface area contributed by atoms with E-state index in [9.17, 15) is 0 Å². The van der Waals surface area contributed by atoms with E-state index in [0.717, 1.165) is 41.0 Å². The highest BCUT2D eigenvalue weighted by atomic mass is 35.5. The van der Waals surface area contributed by atoms with Crippen LogP contribution in [-0.2, 0) is 6.42 Å². The fraction of sp³-hybridized carbons (Fsp3) is 0.625. The highest BCUT2D eigenvalue weighted by Crippen LogP contribution is 2.30. The van der Waals surface area contributed by atoms with Gasteiger partial charge < -0.3 is 5.32 Å². The lowest BCUT2D eigenvalue weighted by molar-refractivity contribution is 0.302. The lowest BCUT2D eigenvalue weighted by atomic mass is 9.83. The molecule has 0 spiro atoms. The Balaban J connectivity index is 1.79. The van der Waals surface area contributed by atoms with Gasteiger partial charge in [-0.3, -0.25) is 0 Å². The maximum Gasteiger partial charge on any atom is 0.0439 e. The third kappa shape index (κ3) is 5.33. The van der Waals surface area contributed by atoms with E-state index in [1.54, 1.807) is 0 Å². The molecule has 0 heterocycles. The average Bonchev–Trinajstić information content (AvgIpc) is 3.14. The van der Waals surface area contributed by atoms with E-state index < -0.39 is 0 Å². The second-order valence-corrected chi connectivity index (χ2v) is 7.22. The van der Waals surface area contributed by atoms with Gasteiger partial charge in [-0.05, 0) is 67.8 Å². The number of halogens is 2. The van der Waals surface area contributed by atoms with Crippen LogP contribution >= 0.6 is 23.2 Å². The Kier molecular flexibility index (Phi) is 5.16. The predicted molar refractivity (Wildman–Crippen MR) is 84.2 cm³/mol. The normalized spacial score (nSPS) is 15.8. The SMILES string of the molecule is CC(C)(CCNC1CC1)CCc1cc(Cl)ccc1Cl. The third-order valence-electron chi connectivity index (χ3n) is 3.89. The van der Waals surface area contributed by atoms with Crippen LogP contribution in [0.3, 0.4) is 0 Å². The van der Waals surface area contributed by atoms with Crippen molar-refractivity contribution < 1.29 is 0 Å². The molecule has 19 heavy (non-hydrogen) atoms. The van der Waals surface area contributed by atoms with Gasteiger partial charge in [0.15, 0.2) is 0 Å².